The minimum atomic E-state index is -0.0690. The van der Waals surface area contributed by atoms with Crippen LogP contribution in [0.3, 0.4) is 0 Å². The highest BCUT2D eigenvalue weighted by atomic mass is 35.5. The van der Waals surface area contributed by atoms with Crippen molar-refractivity contribution in [3.05, 3.63) is 59.4 Å². The third-order valence-electron chi connectivity index (χ3n) is 4.06. The van der Waals surface area contributed by atoms with Gasteiger partial charge in [-0.3, -0.25) is 20.2 Å². The number of carbonyl (C=O) groups excluding carboxylic acids is 1. The zero-order valence-electron chi connectivity index (χ0n) is 12.6. The molecule has 1 amide bonds. The number of hydrogen-bond donors (Lipinski definition) is 2. The van der Waals surface area contributed by atoms with Crippen LogP contribution in [0.15, 0.2) is 48.8 Å². The minimum absolute atomic E-state index is 0.0534. The first-order valence-electron chi connectivity index (χ1n) is 7.60. The molecular formula is C17H14ClN5O. The van der Waals surface area contributed by atoms with Crippen molar-refractivity contribution in [2.45, 2.75) is 12.3 Å². The lowest BCUT2D eigenvalue weighted by Crippen LogP contribution is -2.15. The smallest absolute Gasteiger partial charge is 0.249 e. The van der Waals surface area contributed by atoms with Gasteiger partial charge in [0.05, 0.1) is 0 Å². The highest BCUT2D eigenvalue weighted by Gasteiger charge is 2.44. The molecule has 1 aliphatic carbocycles. The van der Waals surface area contributed by atoms with Crippen LogP contribution >= 0.6 is 11.6 Å². The zero-order chi connectivity index (χ0) is 16.5. The number of amides is 1. The number of nitrogens with one attached hydrogen (secondary N) is 2. The summed E-state index contributed by atoms with van der Waals surface area (Å²) in [6.07, 6.45) is 4.36. The second kappa shape index (κ2) is 6.05. The van der Waals surface area contributed by atoms with Crippen LogP contribution in [0, 0.1) is 5.92 Å². The van der Waals surface area contributed by atoms with Gasteiger partial charge in [0.2, 0.25) is 11.9 Å². The number of aromatic nitrogens is 4. The fourth-order valence-electron chi connectivity index (χ4n) is 2.73. The van der Waals surface area contributed by atoms with Crippen LogP contribution in [0.2, 0.25) is 5.02 Å². The van der Waals surface area contributed by atoms with Gasteiger partial charge in [0.1, 0.15) is 0 Å². The van der Waals surface area contributed by atoms with E-state index in [4.69, 9.17) is 11.6 Å². The molecular weight excluding hydrogens is 326 g/mol. The van der Waals surface area contributed by atoms with Gasteiger partial charge in [0.25, 0.3) is 0 Å². The van der Waals surface area contributed by atoms with Crippen molar-refractivity contribution < 1.29 is 4.79 Å². The van der Waals surface area contributed by atoms with E-state index in [0.717, 1.165) is 17.5 Å². The van der Waals surface area contributed by atoms with E-state index in [-0.39, 0.29) is 23.7 Å². The van der Waals surface area contributed by atoms with E-state index in [1.807, 2.05) is 30.5 Å². The predicted molar refractivity (Wildman–Crippen MR) is 90.5 cm³/mol. The molecule has 7 heteroatoms. The topological polar surface area (TPSA) is 83.6 Å². The normalized spacial score (nSPS) is 19.0. The van der Waals surface area contributed by atoms with Crippen LogP contribution in [0.25, 0.3) is 11.4 Å². The standard InChI is InChI=1S/C17H14ClN5O/c18-12-5-1-3-10(7-12)15-20-17(23-22-15)21-16(24)14-8-13(14)11-4-2-6-19-9-11/h1-7,9,13-14H,8H2,(H2,20,21,22,23,24)/t13-,14+/m0/s1. The first-order chi connectivity index (χ1) is 11.7. The highest BCUT2D eigenvalue weighted by molar-refractivity contribution is 6.30. The summed E-state index contributed by atoms with van der Waals surface area (Å²) in [5, 5.41) is 10.2. The molecule has 1 fully saturated rings. The maximum Gasteiger partial charge on any atom is 0.249 e. The quantitative estimate of drug-likeness (QED) is 0.764. The second-order valence-corrected chi connectivity index (χ2v) is 6.18. The van der Waals surface area contributed by atoms with E-state index in [9.17, 15) is 4.79 Å². The van der Waals surface area contributed by atoms with Gasteiger partial charge in [-0.15, -0.1) is 5.10 Å². The highest BCUT2D eigenvalue weighted by Crippen LogP contribution is 2.47. The summed E-state index contributed by atoms with van der Waals surface area (Å²) in [4.78, 5) is 20.7. The molecule has 0 spiro atoms. The third kappa shape index (κ3) is 3.00. The van der Waals surface area contributed by atoms with E-state index in [2.05, 4.69) is 25.5 Å². The van der Waals surface area contributed by atoms with Crippen molar-refractivity contribution in [2.75, 3.05) is 5.32 Å². The maximum atomic E-state index is 12.3. The van der Waals surface area contributed by atoms with Gasteiger partial charge in [-0.25, -0.2) is 0 Å². The molecule has 2 heterocycles. The van der Waals surface area contributed by atoms with Gasteiger partial charge >= 0.3 is 0 Å². The van der Waals surface area contributed by atoms with E-state index in [0.29, 0.717) is 10.8 Å². The van der Waals surface area contributed by atoms with Crippen LogP contribution < -0.4 is 5.32 Å². The number of rotatable bonds is 4. The molecule has 0 unspecified atom stereocenters. The van der Waals surface area contributed by atoms with Crippen molar-refractivity contribution >= 4 is 23.5 Å². The van der Waals surface area contributed by atoms with Crippen molar-refractivity contribution in [2.24, 2.45) is 5.92 Å². The Labute approximate surface area is 143 Å². The van der Waals surface area contributed by atoms with Crippen molar-refractivity contribution in [1.29, 1.82) is 0 Å². The lowest BCUT2D eigenvalue weighted by Gasteiger charge is -2.00. The second-order valence-electron chi connectivity index (χ2n) is 5.74. The van der Waals surface area contributed by atoms with E-state index in [1.165, 1.54) is 0 Å². The first kappa shape index (κ1) is 14.8. The average Bonchev–Trinajstić information content (AvgIpc) is 3.28. The zero-order valence-corrected chi connectivity index (χ0v) is 13.4. The molecule has 120 valence electrons. The summed E-state index contributed by atoms with van der Waals surface area (Å²) in [6, 6.07) is 11.2. The van der Waals surface area contributed by atoms with Gasteiger partial charge in [-0.2, -0.15) is 4.98 Å². The molecule has 2 atom stereocenters. The van der Waals surface area contributed by atoms with Gasteiger partial charge in [-0.05, 0) is 36.1 Å². The third-order valence-corrected chi connectivity index (χ3v) is 4.29. The minimum Gasteiger partial charge on any atom is -0.293 e. The number of aromatic amines is 1. The molecule has 1 aromatic carbocycles. The molecule has 0 radical (unpaired) electrons. The summed E-state index contributed by atoms with van der Waals surface area (Å²) in [6.45, 7) is 0. The molecule has 1 aliphatic rings. The van der Waals surface area contributed by atoms with Crippen molar-refractivity contribution in [1.82, 2.24) is 20.2 Å². The number of pyridine rings is 1. The maximum absolute atomic E-state index is 12.3. The van der Waals surface area contributed by atoms with Crippen molar-refractivity contribution in [3.8, 4) is 11.4 Å². The molecule has 24 heavy (non-hydrogen) atoms. The van der Waals surface area contributed by atoms with Crippen LogP contribution in [0.5, 0.6) is 0 Å². The largest absolute Gasteiger partial charge is 0.293 e. The number of hydrogen-bond acceptors (Lipinski definition) is 4. The van der Waals surface area contributed by atoms with Gasteiger partial charge in [0, 0.05) is 28.9 Å². The molecule has 2 aromatic heterocycles. The Morgan fingerprint density at radius 1 is 1.29 bits per heavy atom. The molecule has 6 nitrogen and oxygen atoms in total. The number of nitrogens with zero attached hydrogens (tertiary/aromatic N) is 3. The van der Waals surface area contributed by atoms with Crippen LogP contribution in [0.1, 0.15) is 17.9 Å². The summed E-state index contributed by atoms with van der Waals surface area (Å²) in [5.41, 5.74) is 1.91. The van der Waals surface area contributed by atoms with Gasteiger partial charge < -0.3 is 0 Å². The summed E-state index contributed by atoms with van der Waals surface area (Å²) in [7, 11) is 0. The summed E-state index contributed by atoms with van der Waals surface area (Å²) >= 11 is 5.97. The lowest BCUT2D eigenvalue weighted by atomic mass is 10.1. The number of anilines is 1. The molecule has 3 aromatic rings. The number of carbonyl (C=O) groups is 1. The summed E-state index contributed by atoms with van der Waals surface area (Å²) < 4.78 is 0. The van der Waals surface area contributed by atoms with Gasteiger partial charge in [0.15, 0.2) is 5.82 Å². The monoisotopic (exact) mass is 339 g/mol. The Hall–Kier alpha value is -2.73. The molecule has 2 N–H and O–H groups in total. The van der Waals surface area contributed by atoms with Crippen LogP contribution in [-0.4, -0.2) is 26.1 Å². The lowest BCUT2D eigenvalue weighted by molar-refractivity contribution is -0.117. The average molecular weight is 340 g/mol. The number of H-pyrrole nitrogens is 1. The Morgan fingerprint density at radius 2 is 2.21 bits per heavy atom. The van der Waals surface area contributed by atoms with Crippen LogP contribution in [0.4, 0.5) is 5.95 Å². The number of halogens is 1. The fourth-order valence-corrected chi connectivity index (χ4v) is 2.92. The van der Waals surface area contributed by atoms with Crippen molar-refractivity contribution in [3.63, 3.8) is 0 Å². The Balaban J connectivity index is 1.43. The molecule has 4 rings (SSSR count). The molecule has 1 saturated carbocycles. The number of benzene rings is 1. The predicted octanol–water partition coefficient (Wildman–Crippen LogP) is 3.26. The Kier molecular flexibility index (Phi) is 3.74. The summed E-state index contributed by atoms with van der Waals surface area (Å²) in [5.74, 6) is 0.937. The fraction of sp³-hybridized carbons (Fsp3) is 0.176. The van der Waals surface area contributed by atoms with Crippen LogP contribution in [-0.2, 0) is 4.79 Å². The van der Waals surface area contributed by atoms with E-state index >= 15 is 0 Å². The first-order valence-corrected chi connectivity index (χ1v) is 7.97. The Bertz CT molecular complexity index is 879. The molecule has 0 aliphatic heterocycles. The Morgan fingerprint density at radius 3 is 3.00 bits per heavy atom. The molecule has 0 saturated heterocycles. The van der Waals surface area contributed by atoms with E-state index in [1.54, 1.807) is 18.3 Å². The molecule has 0 bridgehead atoms. The SMILES string of the molecule is O=C(Nc1n[nH]c(-c2cccc(Cl)c2)n1)[C@@H]1C[C@H]1c1cccnc1. The van der Waals surface area contributed by atoms with E-state index < -0.39 is 0 Å². The van der Waals surface area contributed by atoms with Gasteiger partial charge in [-0.1, -0.05) is 29.8 Å².